The standard InChI is InChI=1S/C22H13ClN6O11S4.2H2O/c23-19-25-20(27-21(26-19)42-22(31)32)24-13-3-6-15-11(9-13)10-16(43-39-38-33)17(18(15)30)29-28-12-1-4-14(5-2-12)41-8-7-37-40-44(34,35)36;;/h1-6,9-10,30,33H,(H,31,32)(H,34,35,36)(H,24,25,26,27);2*1H2. The molecule has 19 nitrogen and oxygen atoms in total. The molecular weight excluding hydrogens is 720 g/mol. The molecule has 3 aromatic carbocycles. The van der Waals surface area contributed by atoms with Gasteiger partial charge in [-0.1, -0.05) is 5.04 Å². The first-order valence-electron chi connectivity index (χ1n) is 11.1. The third-order valence-corrected chi connectivity index (χ3v) is 6.96. The summed E-state index contributed by atoms with van der Waals surface area (Å²) in [5.41, 5.74) is 0.800. The normalized spacial score (nSPS) is 10.8. The van der Waals surface area contributed by atoms with Crippen LogP contribution in [0.15, 0.2) is 73.7 Å². The van der Waals surface area contributed by atoms with Crippen LogP contribution in [0, 0.1) is 11.4 Å². The number of anilines is 2. The first-order valence-corrected chi connectivity index (χ1v) is 15.2. The lowest BCUT2D eigenvalue weighted by atomic mass is 10.1. The summed E-state index contributed by atoms with van der Waals surface area (Å²) in [4.78, 5) is 27.5. The molecule has 0 atom stereocenters. The minimum atomic E-state index is -4.78. The molecule has 46 heavy (non-hydrogen) atoms. The van der Waals surface area contributed by atoms with Crippen LogP contribution in [0.5, 0.6) is 5.75 Å². The molecule has 0 aliphatic carbocycles. The minimum absolute atomic E-state index is 0. The zero-order valence-corrected chi connectivity index (χ0v) is 26.0. The van der Waals surface area contributed by atoms with Gasteiger partial charge in [0.25, 0.3) is 0 Å². The van der Waals surface area contributed by atoms with Crippen molar-refractivity contribution in [1.29, 1.82) is 0 Å². The number of aromatic nitrogens is 3. The molecular formula is C22H17ClN6O13S4. The molecule has 0 bridgehead atoms. The van der Waals surface area contributed by atoms with Crippen molar-refractivity contribution in [2.75, 3.05) is 5.32 Å². The number of phenolic OH excluding ortho intramolecular Hbond substituents is 1. The van der Waals surface area contributed by atoms with Gasteiger partial charge in [-0.3, -0.25) is 9.44 Å². The highest BCUT2D eigenvalue weighted by Gasteiger charge is 2.16. The Morgan fingerprint density at radius 3 is 2.46 bits per heavy atom. The quantitative estimate of drug-likeness (QED) is 0.0261. The number of thioether (sulfide) groups is 2. The Kier molecular flexibility index (Phi) is 14.6. The van der Waals surface area contributed by atoms with Crippen molar-refractivity contribution in [3.05, 3.63) is 53.8 Å². The van der Waals surface area contributed by atoms with Gasteiger partial charge in [0.15, 0.2) is 11.9 Å². The van der Waals surface area contributed by atoms with E-state index in [0.29, 0.717) is 50.8 Å². The molecule has 0 radical (unpaired) electrons. The molecule has 244 valence electrons. The Morgan fingerprint density at radius 2 is 1.78 bits per heavy atom. The Labute approximate surface area is 274 Å². The summed E-state index contributed by atoms with van der Waals surface area (Å²) < 4.78 is 37.3. The van der Waals surface area contributed by atoms with E-state index < -0.39 is 15.7 Å². The maximum absolute atomic E-state index is 11.0. The van der Waals surface area contributed by atoms with Gasteiger partial charge in [0.1, 0.15) is 5.69 Å². The fourth-order valence-corrected chi connectivity index (χ4v) is 4.84. The van der Waals surface area contributed by atoms with E-state index in [1.807, 2.05) is 6.11 Å². The van der Waals surface area contributed by atoms with Gasteiger partial charge in [-0.2, -0.15) is 28.5 Å². The summed E-state index contributed by atoms with van der Waals surface area (Å²) in [5.74, 6) is -0.301. The summed E-state index contributed by atoms with van der Waals surface area (Å²) >= 11 is 7.72. The fourth-order valence-electron chi connectivity index (χ4n) is 3.13. The monoisotopic (exact) mass is 736 g/mol. The number of fused-ring (bicyclic) bond motifs is 1. The van der Waals surface area contributed by atoms with E-state index in [-0.39, 0.29) is 43.7 Å². The first-order chi connectivity index (χ1) is 21.0. The van der Waals surface area contributed by atoms with Crippen molar-refractivity contribution in [3.63, 3.8) is 0 Å². The zero-order valence-electron chi connectivity index (χ0n) is 22.0. The SMILES string of the molecule is O.O.O=C(O)Sc1nc(Cl)nc(Nc2ccc3c(O)c(N=Nc4ccc(SC#COOS(=O)(=O)O)cc4)c(SOOO)cc3c2)n1. The van der Waals surface area contributed by atoms with E-state index in [1.165, 1.54) is 0 Å². The summed E-state index contributed by atoms with van der Waals surface area (Å²) in [7, 11) is -4.78. The van der Waals surface area contributed by atoms with E-state index in [0.717, 1.165) is 11.8 Å². The Hall–Kier alpha value is -4.03. The third kappa shape index (κ3) is 11.4. The number of hydrogen-bond donors (Lipinski definition) is 5. The second kappa shape index (κ2) is 17.6. The van der Waals surface area contributed by atoms with Gasteiger partial charge in [0.05, 0.1) is 22.6 Å². The topological polar surface area (TPSA) is 307 Å². The van der Waals surface area contributed by atoms with Crippen LogP contribution in [-0.2, 0) is 29.0 Å². The largest absolute Gasteiger partial charge is 0.505 e. The molecule has 0 saturated heterocycles. The third-order valence-electron chi connectivity index (χ3n) is 4.70. The molecule has 0 amide bonds. The average Bonchev–Trinajstić information content (AvgIpc) is 2.95. The van der Waals surface area contributed by atoms with Crippen molar-refractivity contribution in [3.8, 4) is 17.1 Å². The Morgan fingerprint density at radius 1 is 1.04 bits per heavy atom. The van der Waals surface area contributed by atoms with Crippen LogP contribution in [0.3, 0.4) is 0 Å². The predicted octanol–water partition coefficient (Wildman–Crippen LogP) is 4.85. The van der Waals surface area contributed by atoms with Crippen molar-refractivity contribution < 1.29 is 62.8 Å². The predicted molar refractivity (Wildman–Crippen MR) is 163 cm³/mol. The van der Waals surface area contributed by atoms with Gasteiger partial charge in [-0.05, 0) is 81.6 Å². The number of nitrogens with one attached hydrogen (secondary N) is 1. The van der Waals surface area contributed by atoms with Gasteiger partial charge in [-0.15, -0.1) is 9.45 Å². The zero-order chi connectivity index (χ0) is 31.7. The lowest BCUT2D eigenvalue weighted by molar-refractivity contribution is -0.432. The number of phenols is 1. The molecule has 0 fully saturated rings. The van der Waals surface area contributed by atoms with E-state index >= 15 is 0 Å². The molecule has 0 saturated carbocycles. The highest BCUT2D eigenvalue weighted by molar-refractivity contribution is 8.13. The fraction of sp³-hybridized carbons (Fsp3) is 0. The van der Waals surface area contributed by atoms with Gasteiger partial charge >= 0.3 is 15.7 Å². The molecule has 0 aliphatic rings. The number of benzene rings is 3. The number of carbonyl (C=O) groups is 1. The number of nitrogens with zero attached hydrogens (tertiary/aromatic N) is 5. The molecule has 24 heteroatoms. The molecule has 0 unspecified atom stereocenters. The number of aromatic hydroxyl groups is 1. The van der Waals surface area contributed by atoms with Crippen LogP contribution in [0.4, 0.5) is 27.8 Å². The first kappa shape index (κ1) is 38.2. The van der Waals surface area contributed by atoms with Crippen LogP contribution < -0.4 is 5.32 Å². The molecule has 1 heterocycles. The van der Waals surface area contributed by atoms with Crippen molar-refractivity contribution in [1.82, 2.24) is 15.0 Å². The molecule has 1 aromatic heterocycles. The van der Waals surface area contributed by atoms with Crippen LogP contribution in [0.25, 0.3) is 10.8 Å². The van der Waals surface area contributed by atoms with E-state index in [1.54, 1.807) is 48.5 Å². The Balaban J connectivity index is 0.00000368. The Bertz CT molecular complexity index is 1890. The van der Waals surface area contributed by atoms with Crippen molar-refractivity contribution in [2.24, 2.45) is 10.2 Å². The number of halogens is 1. The van der Waals surface area contributed by atoms with Gasteiger partial charge in [-0.25, -0.2) is 10.1 Å². The van der Waals surface area contributed by atoms with Crippen LogP contribution in [0.2, 0.25) is 5.28 Å². The highest BCUT2D eigenvalue weighted by Crippen LogP contribution is 2.44. The summed E-state index contributed by atoms with van der Waals surface area (Å²) in [6.45, 7) is 0. The number of rotatable bonds is 11. The van der Waals surface area contributed by atoms with E-state index in [9.17, 15) is 18.3 Å². The average molecular weight is 737 g/mol. The number of azo groups is 1. The molecule has 4 aromatic rings. The van der Waals surface area contributed by atoms with Crippen molar-refractivity contribution >= 4 is 96.7 Å². The molecule has 0 aliphatic heterocycles. The summed E-state index contributed by atoms with van der Waals surface area (Å²) in [6, 6.07) is 12.7. The van der Waals surface area contributed by atoms with Gasteiger partial charge < -0.3 is 26.5 Å². The van der Waals surface area contributed by atoms with E-state index in [4.69, 9.17) is 26.5 Å². The second-order valence-corrected chi connectivity index (χ2v) is 11.4. The van der Waals surface area contributed by atoms with E-state index in [2.05, 4.69) is 54.3 Å². The molecule has 0 spiro atoms. The van der Waals surface area contributed by atoms with Gasteiger partial charge in [0, 0.05) is 33.0 Å². The second-order valence-electron chi connectivity index (χ2n) is 7.52. The summed E-state index contributed by atoms with van der Waals surface area (Å²) in [6.07, 6.45) is 1.92. The number of carboxylic acid groups (broad SMARTS) is 1. The van der Waals surface area contributed by atoms with Crippen LogP contribution in [0.1, 0.15) is 0 Å². The molecule has 9 N–H and O–H groups in total. The summed E-state index contributed by atoms with van der Waals surface area (Å²) in [5, 5.41) is 45.1. The lowest BCUT2D eigenvalue weighted by Crippen LogP contribution is -2.01. The lowest BCUT2D eigenvalue weighted by Gasteiger charge is -2.11. The van der Waals surface area contributed by atoms with Crippen LogP contribution >= 0.6 is 47.2 Å². The van der Waals surface area contributed by atoms with Crippen molar-refractivity contribution in [2.45, 2.75) is 14.9 Å². The van der Waals surface area contributed by atoms with Gasteiger partial charge in [0.2, 0.25) is 16.4 Å². The smallest absolute Gasteiger partial charge is 0.433 e. The maximum Gasteiger partial charge on any atom is 0.433 e. The highest BCUT2D eigenvalue weighted by atomic mass is 35.5. The minimum Gasteiger partial charge on any atom is -0.505 e. The molecule has 4 rings (SSSR count). The maximum atomic E-state index is 11.0. The number of hydrogen-bond acceptors (Lipinski definition) is 18. The van der Waals surface area contributed by atoms with Crippen LogP contribution in [-0.4, -0.2) is 59.6 Å².